The Morgan fingerprint density at radius 2 is 1.76 bits per heavy atom. The molecular weight excluding hydrogens is 270 g/mol. The van der Waals surface area contributed by atoms with Gasteiger partial charge in [0.25, 0.3) is 5.91 Å². The summed E-state index contributed by atoms with van der Waals surface area (Å²) in [7, 11) is 2.97. The molecule has 1 amide bonds. The zero-order valence-corrected chi connectivity index (χ0v) is 11.9. The second-order valence-corrected chi connectivity index (χ2v) is 4.51. The maximum Gasteiger partial charge on any atom is 0.258 e. The van der Waals surface area contributed by atoms with Crippen LogP contribution in [0.1, 0.15) is 11.1 Å². The first-order valence-corrected chi connectivity index (χ1v) is 6.34. The molecule has 0 saturated carbocycles. The topological polar surface area (TPSA) is 81.8 Å². The van der Waals surface area contributed by atoms with Crippen molar-refractivity contribution in [3.05, 3.63) is 59.7 Å². The largest absolute Gasteiger partial charge is 0.497 e. The fourth-order valence-electron chi connectivity index (χ4n) is 2.21. The van der Waals surface area contributed by atoms with Gasteiger partial charge in [0.2, 0.25) is 0 Å². The Bertz CT molecular complexity index is 642. The minimum atomic E-state index is -1.97. The molecule has 1 unspecified atom stereocenters. The minimum absolute atomic E-state index is 0.268. The van der Waals surface area contributed by atoms with E-state index in [2.05, 4.69) is 0 Å². The molecule has 0 aliphatic rings. The van der Waals surface area contributed by atoms with E-state index in [-0.39, 0.29) is 5.56 Å². The quantitative estimate of drug-likeness (QED) is 0.871. The van der Waals surface area contributed by atoms with Crippen molar-refractivity contribution in [1.82, 2.24) is 0 Å². The molecule has 2 rings (SSSR count). The van der Waals surface area contributed by atoms with Crippen molar-refractivity contribution in [3.63, 3.8) is 0 Å². The average molecular weight is 287 g/mol. The van der Waals surface area contributed by atoms with Gasteiger partial charge in [-0.2, -0.15) is 0 Å². The predicted octanol–water partition coefficient (Wildman–Crippen LogP) is 1.42. The zero-order valence-electron chi connectivity index (χ0n) is 11.9. The maximum atomic E-state index is 11.9. The average Bonchev–Trinajstić information content (AvgIpc) is 2.54. The summed E-state index contributed by atoms with van der Waals surface area (Å²) in [6.45, 7) is 0. The van der Waals surface area contributed by atoms with Crippen LogP contribution < -0.4 is 15.2 Å². The summed E-state index contributed by atoms with van der Waals surface area (Å²) in [5, 5.41) is 10.9. The van der Waals surface area contributed by atoms with E-state index in [1.54, 1.807) is 48.5 Å². The number of primary amides is 1. The third-order valence-corrected chi connectivity index (χ3v) is 3.35. The van der Waals surface area contributed by atoms with Gasteiger partial charge in [0.15, 0.2) is 5.60 Å². The van der Waals surface area contributed by atoms with Gasteiger partial charge in [-0.3, -0.25) is 4.79 Å². The molecule has 21 heavy (non-hydrogen) atoms. The Morgan fingerprint density at radius 1 is 1.10 bits per heavy atom. The molecule has 1 atom stereocenters. The van der Waals surface area contributed by atoms with Gasteiger partial charge in [-0.05, 0) is 17.7 Å². The van der Waals surface area contributed by atoms with Crippen LogP contribution in [0.15, 0.2) is 48.5 Å². The smallest absolute Gasteiger partial charge is 0.258 e. The van der Waals surface area contributed by atoms with Gasteiger partial charge in [-0.25, -0.2) is 0 Å². The van der Waals surface area contributed by atoms with Crippen LogP contribution in [0, 0.1) is 0 Å². The third-order valence-electron chi connectivity index (χ3n) is 3.35. The molecule has 3 N–H and O–H groups in total. The highest BCUT2D eigenvalue weighted by Gasteiger charge is 2.40. The Labute approximate surface area is 122 Å². The molecule has 2 aromatic carbocycles. The fraction of sp³-hybridized carbons (Fsp3) is 0.188. The highest BCUT2D eigenvalue weighted by Crippen LogP contribution is 2.37. The number of aliphatic hydroxyl groups is 1. The Hall–Kier alpha value is -2.53. The van der Waals surface area contributed by atoms with Gasteiger partial charge in [0.1, 0.15) is 11.5 Å². The first kappa shape index (κ1) is 14.9. The third kappa shape index (κ3) is 2.55. The number of methoxy groups -OCH3 is 2. The molecule has 0 radical (unpaired) electrons. The number of hydrogen-bond donors (Lipinski definition) is 2. The summed E-state index contributed by atoms with van der Waals surface area (Å²) in [5.41, 5.74) is 4.12. The molecular formula is C16H17NO4. The number of carbonyl (C=O) groups excluding carboxylic acids is 1. The van der Waals surface area contributed by atoms with Gasteiger partial charge in [0.05, 0.1) is 14.2 Å². The molecule has 0 fully saturated rings. The molecule has 5 nitrogen and oxygen atoms in total. The van der Waals surface area contributed by atoms with Gasteiger partial charge in [-0.15, -0.1) is 0 Å². The number of hydrogen-bond acceptors (Lipinski definition) is 4. The molecule has 2 aromatic rings. The molecule has 5 heteroatoms. The minimum Gasteiger partial charge on any atom is -0.497 e. The van der Waals surface area contributed by atoms with Gasteiger partial charge in [0, 0.05) is 11.6 Å². The molecule has 0 aromatic heterocycles. The summed E-state index contributed by atoms with van der Waals surface area (Å²) >= 11 is 0. The summed E-state index contributed by atoms with van der Waals surface area (Å²) in [5.74, 6) is -0.00727. The second kappa shape index (κ2) is 5.85. The first-order chi connectivity index (χ1) is 10.0. The van der Waals surface area contributed by atoms with E-state index in [4.69, 9.17) is 15.2 Å². The summed E-state index contributed by atoms with van der Waals surface area (Å²) in [4.78, 5) is 11.9. The van der Waals surface area contributed by atoms with Crippen molar-refractivity contribution >= 4 is 5.91 Å². The maximum absolute atomic E-state index is 11.9. The van der Waals surface area contributed by atoms with Gasteiger partial charge in [-0.1, -0.05) is 30.3 Å². The number of benzene rings is 2. The van der Waals surface area contributed by atoms with E-state index >= 15 is 0 Å². The van der Waals surface area contributed by atoms with E-state index in [1.165, 1.54) is 14.2 Å². The lowest BCUT2D eigenvalue weighted by Crippen LogP contribution is -2.42. The van der Waals surface area contributed by atoms with Gasteiger partial charge >= 0.3 is 0 Å². The highest BCUT2D eigenvalue weighted by molar-refractivity contribution is 5.89. The summed E-state index contributed by atoms with van der Waals surface area (Å²) in [6.07, 6.45) is 0. The van der Waals surface area contributed by atoms with Crippen molar-refractivity contribution < 1.29 is 19.4 Å². The van der Waals surface area contributed by atoms with E-state index in [0.29, 0.717) is 17.1 Å². The van der Waals surface area contributed by atoms with Crippen LogP contribution in [0.25, 0.3) is 0 Å². The van der Waals surface area contributed by atoms with Crippen LogP contribution in [-0.4, -0.2) is 25.2 Å². The highest BCUT2D eigenvalue weighted by atomic mass is 16.5. The van der Waals surface area contributed by atoms with Crippen LogP contribution in [0.3, 0.4) is 0 Å². The van der Waals surface area contributed by atoms with Crippen LogP contribution in [0.2, 0.25) is 0 Å². The SMILES string of the molecule is COc1ccc(C(O)(C(N)=O)c2ccccc2)c(OC)c1. The molecule has 110 valence electrons. The van der Waals surface area contributed by atoms with Crippen molar-refractivity contribution in [2.75, 3.05) is 14.2 Å². The van der Waals surface area contributed by atoms with E-state index in [1.807, 2.05) is 0 Å². The molecule has 0 bridgehead atoms. The summed E-state index contributed by atoms with van der Waals surface area (Å²) < 4.78 is 10.4. The van der Waals surface area contributed by atoms with Crippen molar-refractivity contribution in [2.45, 2.75) is 5.60 Å². The predicted molar refractivity (Wildman–Crippen MR) is 78.2 cm³/mol. The van der Waals surface area contributed by atoms with E-state index in [0.717, 1.165) is 0 Å². The molecule has 0 aliphatic heterocycles. The van der Waals surface area contributed by atoms with Crippen molar-refractivity contribution in [2.24, 2.45) is 5.73 Å². The number of rotatable bonds is 5. The van der Waals surface area contributed by atoms with E-state index in [9.17, 15) is 9.90 Å². The lowest BCUT2D eigenvalue weighted by atomic mass is 9.85. The van der Waals surface area contributed by atoms with Crippen LogP contribution in [0.5, 0.6) is 11.5 Å². The van der Waals surface area contributed by atoms with E-state index < -0.39 is 11.5 Å². The van der Waals surface area contributed by atoms with Crippen LogP contribution in [-0.2, 0) is 10.4 Å². The number of ether oxygens (including phenoxy) is 2. The second-order valence-electron chi connectivity index (χ2n) is 4.51. The Kier molecular flexibility index (Phi) is 4.14. The van der Waals surface area contributed by atoms with Crippen LogP contribution >= 0.6 is 0 Å². The fourth-order valence-corrected chi connectivity index (χ4v) is 2.21. The molecule has 0 saturated heterocycles. The van der Waals surface area contributed by atoms with Crippen molar-refractivity contribution in [1.29, 1.82) is 0 Å². The molecule has 0 aliphatic carbocycles. The van der Waals surface area contributed by atoms with Crippen LogP contribution in [0.4, 0.5) is 0 Å². The molecule has 0 spiro atoms. The lowest BCUT2D eigenvalue weighted by molar-refractivity contribution is -0.133. The Balaban J connectivity index is 2.67. The zero-order chi connectivity index (χ0) is 15.5. The first-order valence-electron chi connectivity index (χ1n) is 6.34. The number of carbonyl (C=O) groups is 1. The standard InChI is InChI=1S/C16H17NO4/c1-20-12-8-9-13(14(10-12)21-2)16(19,15(17)18)11-6-4-3-5-7-11/h3-10,19H,1-2H3,(H2,17,18). The normalized spacial score (nSPS) is 13.3. The Morgan fingerprint density at radius 3 is 2.29 bits per heavy atom. The summed E-state index contributed by atoms with van der Waals surface area (Å²) in [6, 6.07) is 13.3. The number of amides is 1. The van der Waals surface area contributed by atoms with Gasteiger partial charge < -0.3 is 20.3 Å². The van der Waals surface area contributed by atoms with Crippen molar-refractivity contribution in [3.8, 4) is 11.5 Å². The number of nitrogens with two attached hydrogens (primary N) is 1. The monoisotopic (exact) mass is 287 g/mol. The lowest BCUT2D eigenvalue weighted by Gasteiger charge is -2.27. The molecule has 0 heterocycles.